The van der Waals surface area contributed by atoms with Gasteiger partial charge in [-0.05, 0) is 11.6 Å². The maximum absolute atomic E-state index is 11.7. The van der Waals surface area contributed by atoms with Crippen LogP contribution in [0.3, 0.4) is 0 Å². The lowest BCUT2D eigenvalue weighted by Crippen LogP contribution is -2.13. The van der Waals surface area contributed by atoms with Crippen LogP contribution in [0.15, 0.2) is 36.4 Å². The van der Waals surface area contributed by atoms with Crippen molar-refractivity contribution in [3.8, 4) is 0 Å². The molecule has 0 unspecified atom stereocenters. The Morgan fingerprint density at radius 2 is 2.10 bits per heavy atom. The summed E-state index contributed by atoms with van der Waals surface area (Å²) < 4.78 is 5.85. The number of carbonyl (C=O) groups is 1. The van der Waals surface area contributed by atoms with Gasteiger partial charge < -0.3 is 4.74 Å². The van der Waals surface area contributed by atoms with Gasteiger partial charge in [0.25, 0.3) is 0 Å². The molecule has 0 aliphatic heterocycles. The van der Waals surface area contributed by atoms with Gasteiger partial charge in [0.1, 0.15) is 6.61 Å². The zero-order valence-corrected chi connectivity index (χ0v) is 12.2. The van der Waals surface area contributed by atoms with Gasteiger partial charge in [0.15, 0.2) is 15.9 Å². The van der Waals surface area contributed by atoms with Gasteiger partial charge in [-0.3, -0.25) is 5.32 Å². The first-order valence-corrected chi connectivity index (χ1v) is 7.17. The molecule has 1 N–H and O–H groups in total. The SMILES string of the molecule is O=C(Nc1nc2nnc(Cl)cc2s1)OCc1ccccc1. The Kier molecular flexibility index (Phi) is 3.94. The van der Waals surface area contributed by atoms with Gasteiger partial charge in [0.05, 0.1) is 4.70 Å². The average Bonchev–Trinajstić information content (AvgIpc) is 2.87. The van der Waals surface area contributed by atoms with Crippen LogP contribution in [0.4, 0.5) is 9.93 Å². The molecule has 0 aliphatic rings. The largest absolute Gasteiger partial charge is 0.444 e. The number of fused-ring (bicyclic) bond motifs is 1. The second-order valence-corrected chi connectivity index (χ2v) is 5.48. The molecule has 3 aromatic rings. The van der Waals surface area contributed by atoms with Gasteiger partial charge in [-0.1, -0.05) is 53.3 Å². The minimum Gasteiger partial charge on any atom is -0.444 e. The van der Waals surface area contributed by atoms with E-state index in [2.05, 4.69) is 20.5 Å². The molecule has 2 heterocycles. The van der Waals surface area contributed by atoms with Crippen LogP contribution in [0, 0.1) is 0 Å². The number of rotatable bonds is 3. The molecule has 0 spiro atoms. The van der Waals surface area contributed by atoms with E-state index >= 15 is 0 Å². The van der Waals surface area contributed by atoms with Crippen molar-refractivity contribution in [3.63, 3.8) is 0 Å². The molecule has 3 rings (SSSR count). The van der Waals surface area contributed by atoms with Crippen molar-refractivity contribution in [1.82, 2.24) is 15.2 Å². The van der Waals surface area contributed by atoms with E-state index in [1.54, 1.807) is 6.07 Å². The van der Waals surface area contributed by atoms with Crippen molar-refractivity contribution in [1.29, 1.82) is 0 Å². The van der Waals surface area contributed by atoms with E-state index in [4.69, 9.17) is 16.3 Å². The van der Waals surface area contributed by atoms with Crippen LogP contribution in [0.25, 0.3) is 10.3 Å². The highest BCUT2D eigenvalue weighted by atomic mass is 35.5. The molecule has 0 saturated heterocycles. The van der Waals surface area contributed by atoms with E-state index in [0.29, 0.717) is 10.8 Å². The lowest BCUT2D eigenvalue weighted by atomic mass is 10.2. The lowest BCUT2D eigenvalue weighted by molar-refractivity contribution is 0.155. The Labute approximate surface area is 128 Å². The Bertz CT molecular complexity index is 778. The molecule has 0 saturated carbocycles. The molecule has 0 aliphatic carbocycles. The number of thiazole rings is 1. The zero-order valence-electron chi connectivity index (χ0n) is 10.6. The molecular formula is C13H9ClN4O2S. The molecule has 0 bridgehead atoms. The van der Waals surface area contributed by atoms with E-state index in [9.17, 15) is 4.79 Å². The molecule has 2 aromatic heterocycles. The zero-order chi connectivity index (χ0) is 14.7. The van der Waals surface area contributed by atoms with E-state index < -0.39 is 6.09 Å². The summed E-state index contributed by atoms with van der Waals surface area (Å²) in [6.45, 7) is 0.198. The summed E-state index contributed by atoms with van der Waals surface area (Å²) >= 11 is 7.00. The first-order valence-electron chi connectivity index (χ1n) is 5.98. The number of hydrogen-bond acceptors (Lipinski definition) is 6. The molecular weight excluding hydrogens is 312 g/mol. The van der Waals surface area contributed by atoms with Gasteiger partial charge >= 0.3 is 6.09 Å². The quantitative estimate of drug-likeness (QED) is 0.799. The monoisotopic (exact) mass is 320 g/mol. The third kappa shape index (κ3) is 3.45. The Hall–Kier alpha value is -2.25. The second-order valence-electron chi connectivity index (χ2n) is 4.06. The molecule has 6 nitrogen and oxygen atoms in total. The smallest absolute Gasteiger partial charge is 0.413 e. The van der Waals surface area contributed by atoms with Crippen molar-refractivity contribution in [2.45, 2.75) is 6.61 Å². The van der Waals surface area contributed by atoms with E-state index in [-0.39, 0.29) is 11.8 Å². The molecule has 1 aromatic carbocycles. The van der Waals surface area contributed by atoms with Gasteiger partial charge in [-0.15, -0.1) is 10.2 Å². The number of nitrogens with zero attached hydrogens (tertiary/aromatic N) is 3. The number of carbonyl (C=O) groups excluding carboxylic acids is 1. The third-order valence-electron chi connectivity index (χ3n) is 2.55. The number of nitrogens with one attached hydrogen (secondary N) is 1. The Morgan fingerprint density at radius 3 is 2.90 bits per heavy atom. The van der Waals surface area contributed by atoms with E-state index in [1.165, 1.54) is 11.3 Å². The van der Waals surface area contributed by atoms with E-state index in [0.717, 1.165) is 10.3 Å². The van der Waals surface area contributed by atoms with Crippen LogP contribution >= 0.6 is 22.9 Å². The summed E-state index contributed by atoms with van der Waals surface area (Å²) in [6.07, 6.45) is -0.572. The standard InChI is InChI=1S/C13H9ClN4O2S/c14-10-6-9-11(18-17-10)15-12(21-9)16-13(19)20-7-8-4-2-1-3-5-8/h1-6H,7H2,(H,15,16,18,19). The van der Waals surface area contributed by atoms with Gasteiger partial charge in [0, 0.05) is 0 Å². The number of amides is 1. The van der Waals surface area contributed by atoms with Crippen molar-refractivity contribution >= 4 is 44.5 Å². The summed E-state index contributed by atoms with van der Waals surface area (Å²) in [5.74, 6) is 0. The highest BCUT2D eigenvalue weighted by Gasteiger charge is 2.10. The first kappa shape index (κ1) is 13.7. The maximum atomic E-state index is 11.7. The number of anilines is 1. The first-order chi connectivity index (χ1) is 10.2. The van der Waals surface area contributed by atoms with Crippen molar-refractivity contribution in [2.24, 2.45) is 0 Å². The number of benzene rings is 1. The van der Waals surface area contributed by atoms with Gasteiger partial charge in [0.2, 0.25) is 0 Å². The molecule has 0 radical (unpaired) electrons. The third-order valence-corrected chi connectivity index (χ3v) is 3.64. The van der Waals surface area contributed by atoms with Crippen molar-refractivity contribution in [2.75, 3.05) is 5.32 Å². The van der Waals surface area contributed by atoms with Gasteiger partial charge in [-0.25, -0.2) is 4.79 Å². The molecule has 8 heteroatoms. The van der Waals surface area contributed by atoms with Crippen molar-refractivity contribution < 1.29 is 9.53 Å². The minimum absolute atomic E-state index is 0.198. The van der Waals surface area contributed by atoms with Crippen molar-refractivity contribution in [3.05, 3.63) is 47.1 Å². The highest BCUT2D eigenvalue weighted by Crippen LogP contribution is 2.25. The lowest BCUT2D eigenvalue weighted by Gasteiger charge is -2.04. The Morgan fingerprint density at radius 1 is 1.29 bits per heavy atom. The van der Waals surface area contributed by atoms with Crippen LogP contribution in [0.2, 0.25) is 5.15 Å². The summed E-state index contributed by atoms with van der Waals surface area (Å²) in [7, 11) is 0. The fraction of sp³-hybridized carbons (Fsp3) is 0.0769. The summed E-state index contributed by atoms with van der Waals surface area (Å²) in [5.41, 5.74) is 1.34. The molecule has 21 heavy (non-hydrogen) atoms. The number of hydrogen-bond donors (Lipinski definition) is 1. The number of ether oxygens (including phenoxy) is 1. The Balaban J connectivity index is 1.63. The fourth-order valence-electron chi connectivity index (χ4n) is 1.62. The van der Waals surface area contributed by atoms with Crippen LogP contribution in [0.1, 0.15) is 5.56 Å². The summed E-state index contributed by atoms with van der Waals surface area (Å²) in [4.78, 5) is 15.8. The minimum atomic E-state index is -0.572. The number of halogens is 1. The van der Waals surface area contributed by atoms with E-state index in [1.807, 2.05) is 30.3 Å². The normalized spacial score (nSPS) is 10.5. The molecule has 0 fully saturated rings. The van der Waals surface area contributed by atoms with Gasteiger partial charge in [-0.2, -0.15) is 4.98 Å². The van der Waals surface area contributed by atoms with Crippen LogP contribution in [-0.4, -0.2) is 21.3 Å². The van der Waals surface area contributed by atoms with Crippen LogP contribution in [-0.2, 0) is 11.3 Å². The summed E-state index contributed by atoms with van der Waals surface area (Å²) in [5, 5.41) is 10.7. The molecule has 0 atom stereocenters. The predicted octanol–water partition coefficient (Wildman–Crippen LogP) is 3.49. The topological polar surface area (TPSA) is 77.0 Å². The maximum Gasteiger partial charge on any atom is 0.413 e. The van der Waals surface area contributed by atoms with Crippen LogP contribution < -0.4 is 5.32 Å². The second kappa shape index (κ2) is 6.02. The fourth-order valence-corrected chi connectivity index (χ4v) is 2.66. The average molecular weight is 321 g/mol. The predicted molar refractivity (Wildman–Crippen MR) is 80.5 cm³/mol. The molecule has 106 valence electrons. The van der Waals surface area contributed by atoms with Crippen LogP contribution in [0.5, 0.6) is 0 Å². The number of aromatic nitrogens is 3. The highest BCUT2D eigenvalue weighted by molar-refractivity contribution is 7.22. The molecule has 1 amide bonds. The summed E-state index contributed by atoms with van der Waals surface area (Å²) in [6, 6.07) is 11.1.